The number of aromatic nitrogens is 2. The van der Waals surface area contributed by atoms with Gasteiger partial charge in [0.25, 0.3) is 10.0 Å². The summed E-state index contributed by atoms with van der Waals surface area (Å²) in [6.45, 7) is 1.06. The molecule has 0 aliphatic carbocycles. The van der Waals surface area contributed by atoms with Gasteiger partial charge in [-0.2, -0.15) is 5.10 Å². The highest BCUT2D eigenvalue weighted by molar-refractivity contribution is 7.92. The van der Waals surface area contributed by atoms with Crippen LogP contribution in [0.1, 0.15) is 6.42 Å². The van der Waals surface area contributed by atoms with E-state index < -0.39 is 15.8 Å². The number of anilines is 1. The molecule has 1 aromatic carbocycles. The summed E-state index contributed by atoms with van der Waals surface area (Å²) in [5.74, 6) is -0.492. The molecule has 6 nitrogen and oxygen atoms in total. The van der Waals surface area contributed by atoms with Crippen molar-refractivity contribution in [2.75, 3.05) is 17.9 Å². The Labute approximate surface area is 123 Å². The smallest absolute Gasteiger partial charge is 0.267 e. The zero-order chi connectivity index (χ0) is 15.5. The van der Waals surface area contributed by atoms with E-state index in [1.54, 1.807) is 0 Å². The summed E-state index contributed by atoms with van der Waals surface area (Å²) in [6.07, 6.45) is 3.43. The van der Waals surface area contributed by atoms with Gasteiger partial charge in [-0.05, 0) is 31.2 Å². The van der Waals surface area contributed by atoms with Crippen molar-refractivity contribution in [2.45, 2.75) is 17.9 Å². The van der Waals surface area contributed by atoms with Crippen molar-refractivity contribution in [3.05, 3.63) is 42.5 Å². The van der Waals surface area contributed by atoms with Crippen LogP contribution in [0.25, 0.3) is 0 Å². The molecule has 0 amide bonds. The number of nitrogens with two attached hydrogens (primary N) is 1. The van der Waals surface area contributed by atoms with Crippen molar-refractivity contribution in [3.8, 4) is 0 Å². The number of aryl methyl sites for hydroxylation is 1. The molecule has 2 rings (SSSR count). The van der Waals surface area contributed by atoms with Crippen molar-refractivity contribution < 1.29 is 12.8 Å². The summed E-state index contributed by atoms with van der Waals surface area (Å²) in [4.78, 5) is 0.0614. The lowest BCUT2D eigenvalue weighted by atomic mass is 10.3. The number of halogens is 1. The van der Waals surface area contributed by atoms with Crippen LogP contribution in [-0.2, 0) is 16.6 Å². The molecule has 1 aromatic heterocycles. The van der Waals surface area contributed by atoms with Crippen LogP contribution in [0.3, 0.4) is 0 Å². The molecule has 0 saturated heterocycles. The van der Waals surface area contributed by atoms with Gasteiger partial charge in [-0.1, -0.05) is 6.07 Å². The third-order valence-electron chi connectivity index (χ3n) is 3.03. The molecule has 0 bridgehead atoms. The average molecular weight is 312 g/mol. The zero-order valence-electron chi connectivity index (χ0n) is 11.6. The van der Waals surface area contributed by atoms with E-state index in [0.717, 1.165) is 10.4 Å². The van der Waals surface area contributed by atoms with E-state index in [2.05, 4.69) is 5.10 Å². The summed E-state index contributed by atoms with van der Waals surface area (Å²) >= 11 is 0. The molecule has 0 aliphatic heterocycles. The highest BCUT2D eigenvalue weighted by Crippen LogP contribution is 2.22. The predicted octanol–water partition coefficient (Wildman–Crippen LogP) is 1.20. The summed E-state index contributed by atoms with van der Waals surface area (Å²) in [7, 11) is -2.38. The first kappa shape index (κ1) is 15.5. The number of hydrogen-bond acceptors (Lipinski definition) is 4. The third kappa shape index (κ3) is 3.40. The van der Waals surface area contributed by atoms with Crippen LogP contribution in [0, 0.1) is 5.82 Å². The van der Waals surface area contributed by atoms with Gasteiger partial charge >= 0.3 is 0 Å². The Kier molecular flexibility index (Phi) is 4.59. The van der Waals surface area contributed by atoms with Gasteiger partial charge in [0.15, 0.2) is 0 Å². The minimum atomic E-state index is -3.76. The second-order valence-corrected chi connectivity index (χ2v) is 6.50. The van der Waals surface area contributed by atoms with Crippen molar-refractivity contribution in [2.24, 2.45) is 5.73 Å². The molecule has 0 fully saturated rings. The molecule has 21 heavy (non-hydrogen) atoms. The first-order valence-corrected chi connectivity index (χ1v) is 7.86. The summed E-state index contributed by atoms with van der Waals surface area (Å²) in [6, 6.07) is 5.41. The lowest BCUT2D eigenvalue weighted by Crippen LogP contribution is -2.26. The third-order valence-corrected chi connectivity index (χ3v) is 4.77. The van der Waals surface area contributed by atoms with Crippen LogP contribution in [0.2, 0.25) is 0 Å². The van der Waals surface area contributed by atoms with Gasteiger partial charge in [0.1, 0.15) is 10.7 Å². The van der Waals surface area contributed by atoms with Crippen molar-refractivity contribution in [3.63, 3.8) is 0 Å². The van der Waals surface area contributed by atoms with Crippen LogP contribution in [-0.4, -0.2) is 31.8 Å². The predicted molar refractivity (Wildman–Crippen MR) is 77.9 cm³/mol. The average Bonchev–Trinajstić information content (AvgIpc) is 2.93. The molecule has 0 atom stereocenters. The van der Waals surface area contributed by atoms with E-state index in [1.165, 1.54) is 42.3 Å². The largest absolute Gasteiger partial charge is 0.330 e. The molecule has 1 heterocycles. The molecule has 2 N–H and O–H groups in total. The van der Waals surface area contributed by atoms with Gasteiger partial charge < -0.3 is 5.73 Å². The van der Waals surface area contributed by atoms with Crippen molar-refractivity contribution >= 4 is 15.7 Å². The molecular weight excluding hydrogens is 295 g/mol. The highest BCUT2D eigenvalue weighted by Gasteiger charge is 2.23. The monoisotopic (exact) mass is 312 g/mol. The van der Waals surface area contributed by atoms with E-state index >= 15 is 0 Å². The van der Waals surface area contributed by atoms with Crippen LogP contribution < -0.4 is 10.0 Å². The summed E-state index contributed by atoms with van der Waals surface area (Å²) < 4.78 is 40.7. The topological polar surface area (TPSA) is 81.2 Å². The fraction of sp³-hybridized carbons (Fsp3) is 0.308. The Hall–Kier alpha value is -1.93. The highest BCUT2D eigenvalue weighted by atomic mass is 32.2. The quantitative estimate of drug-likeness (QED) is 0.869. The molecule has 114 valence electrons. The Morgan fingerprint density at radius 2 is 2.19 bits per heavy atom. The van der Waals surface area contributed by atoms with Crippen LogP contribution in [0.5, 0.6) is 0 Å². The fourth-order valence-electron chi connectivity index (χ4n) is 1.82. The maximum absolute atomic E-state index is 13.2. The van der Waals surface area contributed by atoms with E-state index in [4.69, 9.17) is 5.73 Å². The van der Waals surface area contributed by atoms with Gasteiger partial charge in [0.2, 0.25) is 0 Å². The van der Waals surface area contributed by atoms with Crippen molar-refractivity contribution in [1.82, 2.24) is 9.78 Å². The minimum absolute atomic E-state index is 0.0614. The van der Waals surface area contributed by atoms with Crippen molar-refractivity contribution in [1.29, 1.82) is 0 Å². The number of benzene rings is 1. The summed E-state index contributed by atoms with van der Waals surface area (Å²) in [5, 5.41) is 3.99. The molecule has 0 unspecified atom stereocenters. The lowest BCUT2D eigenvalue weighted by Gasteiger charge is -2.18. The fourth-order valence-corrected chi connectivity index (χ4v) is 2.96. The van der Waals surface area contributed by atoms with Gasteiger partial charge in [0.05, 0.1) is 11.9 Å². The van der Waals surface area contributed by atoms with E-state index in [0.29, 0.717) is 19.5 Å². The first-order chi connectivity index (χ1) is 9.95. The molecule has 0 saturated carbocycles. The molecule has 0 radical (unpaired) electrons. The maximum atomic E-state index is 13.2. The Balaban J connectivity index is 2.26. The molecule has 2 aromatic rings. The van der Waals surface area contributed by atoms with Gasteiger partial charge in [-0.25, -0.2) is 12.8 Å². The van der Waals surface area contributed by atoms with Crippen LogP contribution >= 0.6 is 0 Å². The Bertz CT molecular complexity index is 714. The van der Waals surface area contributed by atoms with Gasteiger partial charge in [-0.15, -0.1) is 0 Å². The Morgan fingerprint density at radius 1 is 1.43 bits per heavy atom. The van der Waals surface area contributed by atoms with Crippen LogP contribution in [0.4, 0.5) is 10.1 Å². The number of hydrogen-bond donors (Lipinski definition) is 1. The summed E-state index contributed by atoms with van der Waals surface area (Å²) in [5.41, 5.74) is 5.66. The standard InChI is InChI=1S/C13H17FN4O2S/c1-17(12-5-2-4-11(14)8-12)21(19,20)13-9-16-18(10-13)7-3-6-15/h2,4-5,8-10H,3,6-7,15H2,1H3. The second-order valence-electron chi connectivity index (χ2n) is 4.53. The first-order valence-electron chi connectivity index (χ1n) is 6.42. The van der Waals surface area contributed by atoms with E-state index in [-0.39, 0.29) is 10.6 Å². The van der Waals surface area contributed by atoms with E-state index in [1.807, 2.05) is 0 Å². The second kappa shape index (κ2) is 6.23. The molecule has 8 heteroatoms. The molecule has 0 aliphatic rings. The number of rotatable bonds is 6. The maximum Gasteiger partial charge on any atom is 0.267 e. The normalized spacial score (nSPS) is 11.6. The molecular formula is C13H17FN4O2S. The Morgan fingerprint density at radius 3 is 2.86 bits per heavy atom. The number of nitrogens with zero attached hydrogens (tertiary/aromatic N) is 3. The van der Waals surface area contributed by atoms with Crippen LogP contribution in [0.15, 0.2) is 41.6 Å². The lowest BCUT2D eigenvalue weighted by molar-refractivity contribution is 0.581. The SMILES string of the molecule is CN(c1cccc(F)c1)S(=O)(=O)c1cnn(CCCN)c1. The van der Waals surface area contributed by atoms with Gasteiger partial charge in [0, 0.05) is 19.8 Å². The number of sulfonamides is 1. The minimum Gasteiger partial charge on any atom is -0.330 e. The van der Waals surface area contributed by atoms with E-state index in [9.17, 15) is 12.8 Å². The molecule has 0 spiro atoms. The zero-order valence-corrected chi connectivity index (χ0v) is 12.4. The van der Waals surface area contributed by atoms with Gasteiger partial charge in [-0.3, -0.25) is 8.99 Å².